The molecule has 110 valence electrons. The van der Waals surface area contributed by atoms with E-state index in [0.29, 0.717) is 12.3 Å². The van der Waals surface area contributed by atoms with Crippen LogP contribution in [0.25, 0.3) is 6.08 Å². The highest BCUT2D eigenvalue weighted by Gasteiger charge is 2.21. The van der Waals surface area contributed by atoms with E-state index < -0.39 is 0 Å². The monoisotopic (exact) mass is 284 g/mol. The molecule has 1 aliphatic heterocycles. The number of hydrogen-bond acceptors (Lipinski definition) is 2. The van der Waals surface area contributed by atoms with Crippen LogP contribution in [0.3, 0.4) is 0 Å². The summed E-state index contributed by atoms with van der Waals surface area (Å²) in [5.41, 5.74) is 1.90. The Morgan fingerprint density at radius 3 is 2.67 bits per heavy atom. The summed E-state index contributed by atoms with van der Waals surface area (Å²) in [4.78, 5) is 25.1. The van der Waals surface area contributed by atoms with Gasteiger partial charge in [0.15, 0.2) is 0 Å². The van der Waals surface area contributed by atoms with E-state index >= 15 is 0 Å². The molecule has 1 aromatic rings. The summed E-state index contributed by atoms with van der Waals surface area (Å²) in [6.45, 7) is 1.59. The normalized spacial score (nSPS) is 18.5. The first-order valence-corrected chi connectivity index (χ1v) is 7.59. The standard InChI is InChI=1S/C17H20N2O2/c20-16(18-12-14-3-4-14)10-7-13-5-8-15(9-6-13)19-11-1-2-17(19)21/h5-10,14H,1-4,11-12H2,(H,18,20)/b10-7-. The van der Waals surface area contributed by atoms with Crippen LogP contribution in [-0.2, 0) is 9.59 Å². The van der Waals surface area contributed by atoms with E-state index in [1.165, 1.54) is 12.8 Å². The zero-order valence-electron chi connectivity index (χ0n) is 12.0. The van der Waals surface area contributed by atoms with Crippen LogP contribution >= 0.6 is 0 Å². The highest BCUT2D eigenvalue weighted by atomic mass is 16.2. The Kier molecular flexibility index (Phi) is 4.04. The van der Waals surface area contributed by atoms with Crippen LogP contribution in [0.4, 0.5) is 5.69 Å². The van der Waals surface area contributed by atoms with Gasteiger partial charge in [-0.25, -0.2) is 0 Å². The van der Waals surface area contributed by atoms with Gasteiger partial charge < -0.3 is 10.2 Å². The van der Waals surface area contributed by atoms with Crippen molar-refractivity contribution in [2.75, 3.05) is 18.0 Å². The van der Waals surface area contributed by atoms with E-state index in [1.54, 1.807) is 12.2 Å². The van der Waals surface area contributed by atoms with Crippen LogP contribution in [0.2, 0.25) is 0 Å². The Morgan fingerprint density at radius 1 is 1.29 bits per heavy atom. The minimum atomic E-state index is -0.0410. The summed E-state index contributed by atoms with van der Waals surface area (Å²) in [6.07, 6.45) is 7.42. The molecule has 1 saturated carbocycles. The van der Waals surface area contributed by atoms with Crippen LogP contribution in [0, 0.1) is 5.92 Å². The van der Waals surface area contributed by atoms with Crippen LogP contribution in [0.15, 0.2) is 30.3 Å². The summed E-state index contributed by atoms with van der Waals surface area (Å²) in [5, 5.41) is 2.90. The molecule has 4 heteroatoms. The third kappa shape index (κ3) is 3.72. The van der Waals surface area contributed by atoms with Crippen molar-refractivity contribution in [3.63, 3.8) is 0 Å². The van der Waals surface area contributed by atoms with Gasteiger partial charge in [0.05, 0.1) is 0 Å². The molecular weight excluding hydrogens is 264 g/mol. The molecular formula is C17H20N2O2. The van der Waals surface area contributed by atoms with Crippen LogP contribution in [0.5, 0.6) is 0 Å². The zero-order valence-corrected chi connectivity index (χ0v) is 12.0. The fourth-order valence-electron chi connectivity index (χ4n) is 2.48. The maximum Gasteiger partial charge on any atom is 0.244 e. The van der Waals surface area contributed by atoms with Gasteiger partial charge in [-0.1, -0.05) is 12.1 Å². The first-order chi connectivity index (χ1) is 10.2. The van der Waals surface area contributed by atoms with E-state index in [2.05, 4.69) is 5.32 Å². The Bertz CT molecular complexity index is 559. The lowest BCUT2D eigenvalue weighted by Crippen LogP contribution is -2.23. The van der Waals surface area contributed by atoms with E-state index in [9.17, 15) is 9.59 Å². The number of rotatable bonds is 5. The number of anilines is 1. The number of amides is 2. The van der Waals surface area contributed by atoms with Crippen molar-refractivity contribution in [3.8, 4) is 0 Å². The number of nitrogens with one attached hydrogen (secondary N) is 1. The van der Waals surface area contributed by atoms with Gasteiger partial charge in [0.2, 0.25) is 11.8 Å². The number of hydrogen-bond donors (Lipinski definition) is 1. The van der Waals surface area contributed by atoms with Crippen LogP contribution in [-0.4, -0.2) is 24.9 Å². The van der Waals surface area contributed by atoms with Gasteiger partial charge in [0.25, 0.3) is 0 Å². The number of nitrogens with zero attached hydrogens (tertiary/aromatic N) is 1. The second-order valence-corrected chi connectivity index (χ2v) is 5.76. The predicted octanol–water partition coefficient (Wildman–Crippen LogP) is 2.35. The molecule has 0 aromatic heterocycles. The largest absolute Gasteiger partial charge is 0.352 e. The van der Waals surface area contributed by atoms with Gasteiger partial charge in [-0.15, -0.1) is 0 Å². The zero-order chi connectivity index (χ0) is 14.7. The summed E-state index contributed by atoms with van der Waals surface area (Å²) in [6, 6.07) is 7.74. The lowest BCUT2D eigenvalue weighted by atomic mass is 10.2. The quantitative estimate of drug-likeness (QED) is 0.844. The molecule has 21 heavy (non-hydrogen) atoms. The lowest BCUT2D eigenvalue weighted by molar-refractivity contribution is -0.117. The van der Waals surface area contributed by atoms with E-state index in [4.69, 9.17) is 0 Å². The van der Waals surface area contributed by atoms with Gasteiger partial charge in [-0.3, -0.25) is 9.59 Å². The fourth-order valence-corrected chi connectivity index (χ4v) is 2.48. The van der Waals surface area contributed by atoms with Crippen LogP contribution < -0.4 is 10.2 Å². The maximum atomic E-state index is 11.7. The van der Waals surface area contributed by atoms with Crippen molar-refractivity contribution >= 4 is 23.6 Å². The molecule has 0 unspecified atom stereocenters. The summed E-state index contributed by atoms with van der Waals surface area (Å²) in [7, 11) is 0. The SMILES string of the molecule is O=C(/C=C\c1ccc(N2CCCC2=O)cc1)NCC1CC1. The molecule has 2 aliphatic rings. The topological polar surface area (TPSA) is 49.4 Å². The van der Waals surface area contributed by atoms with Crippen molar-refractivity contribution in [2.45, 2.75) is 25.7 Å². The molecule has 1 N–H and O–H groups in total. The van der Waals surface area contributed by atoms with E-state index in [1.807, 2.05) is 29.2 Å². The minimum Gasteiger partial charge on any atom is -0.352 e. The van der Waals surface area contributed by atoms with Gasteiger partial charge in [0.1, 0.15) is 0 Å². The third-order valence-corrected chi connectivity index (χ3v) is 3.97. The van der Waals surface area contributed by atoms with Crippen LogP contribution in [0.1, 0.15) is 31.2 Å². The summed E-state index contributed by atoms with van der Waals surface area (Å²) < 4.78 is 0. The molecule has 0 radical (unpaired) electrons. The highest BCUT2D eigenvalue weighted by Crippen LogP contribution is 2.27. The van der Waals surface area contributed by atoms with E-state index in [-0.39, 0.29) is 11.8 Å². The van der Waals surface area contributed by atoms with Crippen molar-refractivity contribution in [2.24, 2.45) is 5.92 Å². The van der Waals surface area contributed by atoms with Crippen molar-refractivity contribution in [1.82, 2.24) is 5.32 Å². The first-order valence-electron chi connectivity index (χ1n) is 7.59. The predicted molar refractivity (Wildman–Crippen MR) is 82.8 cm³/mol. The third-order valence-electron chi connectivity index (χ3n) is 3.97. The fraction of sp³-hybridized carbons (Fsp3) is 0.412. The lowest BCUT2D eigenvalue weighted by Gasteiger charge is -2.15. The van der Waals surface area contributed by atoms with Crippen molar-refractivity contribution in [3.05, 3.63) is 35.9 Å². The van der Waals surface area contributed by atoms with Gasteiger partial charge in [-0.05, 0) is 49.0 Å². The van der Waals surface area contributed by atoms with Gasteiger partial charge in [0, 0.05) is 31.3 Å². The number of carbonyl (C=O) groups excluding carboxylic acids is 2. The molecule has 2 fully saturated rings. The average molecular weight is 284 g/mol. The Morgan fingerprint density at radius 2 is 2.05 bits per heavy atom. The molecule has 4 nitrogen and oxygen atoms in total. The Balaban J connectivity index is 1.55. The second-order valence-electron chi connectivity index (χ2n) is 5.76. The molecule has 1 aromatic carbocycles. The average Bonchev–Trinajstić information content (AvgIpc) is 3.24. The number of benzene rings is 1. The molecule has 3 rings (SSSR count). The highest BCUT2D eigenvalue weighted by molar-refractivity contribution is 5.95. The summed E-state index contributed by atoms with van der Waals surface area (Å²) >= 11 is 0. The Hall–Kier alpha value is -2.10. The molecule has 0 spiro atoms. The van der Waals surface area contributed by atoms with Crippen molar-refractivity contribution in [1.29, 1.82) is 0 Å². The molecule has 1 aliphatic carbocycles. The smallest absolute Gasteiger partial charge is 0.244 e. The molecule has 1 heterocycles. The maximum absolute atomic E-state index is 11.7. The number of carbonyl (C=O) groups is 2. The second kappa shape index (κ2) is 6.12. The van der Waals surface area contributed by atoms with Gasteiger partial charge in [-0.2, -0.15) is 0 Å². The first kappa shape index (κ1) is 13.9. The minimum absolute atomic E-state index is 0.0410. The summed E-state index contributed by atoms with van der Waals surface area (Å²) in [5.74, 6) is 0.845. The molecule has 1 saturated heterocycles. The molecule has 0 atom stereocenters. The molecule has 2 amide bonds. The van der Waals surface area contributed by atoms with Gasteiger partial charge >= 0.3 is 0 Å². The molecule has 0 bridgehead atoms. The van der Waals surface area contributed by atoms with Crippen molar-refractivity contribution < 1.29 is 9.59 Å². The Labute approximate surface area is 124 Å². The van der Waals surface area contributed by atoms with E-state index in [0.717, 1.165) is 30.8 Å².